The molecule has 0 atom stereocenters. The van der Waals surface area contributed by atoms with Gasteiger partial charge in [-0.25, -0.2) is 9.78 Å². The first-order valence-electron chi connectivity index (χ1n) is 7.37. The fourth-order valence-corrected chi connectivity index (χ4v) is 2.77. The number of aliphatic hydroxyl groups excluding tert-OH is 1. The maximum absolute atomic E-state index is 12.3. The van der Waals surface area contributed by atoms with E-state index < -0.39 is 5.97 Å². The minimum absolute atomic E-state index is 0.0200. The van der Waals surface area contributed by atoms with Crippen LogP contribution in [0.25, 0.3) is 10.8 Å². The summed E-state index contributed by atoms with van der Waals surface area (Å²) in [4.78, 5) is 17.5. The Morgan fingerprint density at radius 3 is 2.96 bits per heavy atom. The van der Waals surface area contributed by atoms with Gasteiger partial charge < -0.3 is 19.6 Å². The van der Waals surface area contributed by atoms with E-state index in [1.165, 1.54) is 17.6 Å². The number of nitrogens with zero attached hydrogens (tertiary/aromatic N) is 1. The largest absolute Gasteiger partial charge is 0.455 e. The van der Waals surface area contributed by atoms with Gasteiger partial charge in [0.25, 0.3) is 0 Å². The van der Waals surface area contributed by atoms with Gasteiger partial charge in [-0.15, -0.1) is 11.3 Å². The highest BCUT2D eigenvalue weighted by Crippen LogP contribution is 2.24. The lowest BCUT2D eigenvalue weighted by Crippen LogP contribution is -2.12. The number of thiophene rings is 1. The number of oxazole rings is 1. The average molecular weight is 344 g/mol. The van der Waals surface area contributed by atoms with Gasteiger partial charge in [0.05, 0.1) is 17.0 Å². The molecule has 0 saturated heterocycles. The third-order valence-electron chi connectivity index (χ3n) is 3.21. The van der Waals surface area contributed by atoms with Gasteiger partial charge in [-0.3, -0.25) is 0 Å². The smallest absolute Gasteiger partial charge is 0.340 e. The third kappa shape index (κ3) is 3.81. The number of rotatable bonds is 7. The lowest BCUT2D eigenvalue weighted by molar-refractivity contribution is 0.0469. The van der Waals surface area contributed by atoms with Crippen LogP contribution in [0.5, 0.6) is 0 Å². The van der Waals surface area contributed by atoms with Crippen LogP contribution in [0.15, 0.2) is 52.5 Å². The summed E-state index contributed by atoms with van der Waals surface area (Å²) < 4.78 is 10.7. The number of nitrogens with one attached hydrogen (secondary N) is 1. The van der Waals surface area contributed by atoms with Crippen molar-refractivity contribution in [3.63, 3.8) is 0 Å². The normalized spacial score (nSPS) is 10.5. The molecule has 0 spiro atoms. The van der Waals surface area contributed by atoms with Gasteiger partial charge in [0.2, 0.25) is 5.89 Å². The van der Waals surface area contributed by atoms with Crippen LogP contribution >= 0.6 is 11.3 Å². The van der Waals surface area contributed by atoms with Crippen molar-refractivity contribution in [1.29, 1.82) is 0 Å². The van der Waals surface area contributed by atoms with Crippen LogP contribution in [0.3, 0.4) is 0 Å². The van der Waals surface area contributed by atoms with Crippen LogP contribution in [-0.2, 0) is 11.3 Å². The monoisotopic (exact) mass is 344 g/mol. The summed E-state index contributed by atoms with van der Waals surface area (Å²) in [5, 5.41) is 13.8. The van der Waals surface area contributed by atoms with Crippen LogP contribution in [-0.4, -0.2) is 29.2 Å². The number of hydrogen-bond acceptors (Lipinski definition) is 7. The number of esters is 1. The molecule has 0 aliphatic heterocycles. The molecule has 3 aromatic rings. The predicted molar refractivity (Wildman–Crippen MR) is 91.0 cm³/mol. The van der Waals surface area contributed by atoms with E-state index in [4.69, 9.17) is 14.3 Å². The molecule has 6 nitrogen and oxygen atoms in total. The second kappa shape index (κ2) is 7.76. The summed E-state index contributed by atoms with van der Waals surface area (Å²) in [6, 6.07) is 10.8. The van der Waals surface area contributed by atoms with Gasteiger partial charge in [-0.1, -0.05) is 18.2 Å². The van der Waals surface area contributed by atoms with Crippen molar-refractivity contribution in [3.05, 3.63) is 59.3 Å². The van der Waals surface area contributed by atoms with E-state index in [9.17, 15) is 4.79 Å². The lowest BCUT2D eigenvalue weighted by Gasteiger charge is -2.10. The van der Waals surface area contributed by atoms with E-state index in [-0.39, 0.29) is 13.2 Å². The molecule has 0 saturated carbocycles. The molecule has 0 amide bonds. The molecular weight excluding hydrogens is 328 g/mol. The van der Waals surface area contributed by atoms with Gasteiger partial charge in [-0.05, 0) is 23.6 Å². The first-order chi connectivity index (χ1) is 11.8. The van der Waals surface area contributed by atoms with E-state index in [2.05, 4.69) is 10.3 Å². The van der Waals surface area contributed by atoms with Gasteiger partial charge in [0, 0.05) is 12.2 Å². The summed E-state index contributed by atoms with van der Waals surface area (Å²) in [6.07, 6.45) is 1.48. The number of aromatic nitrogens is 1. The van der Waals surface area contributed by atoms with Crippen molar-refractivity contribution in [1.82, 2.24) is 4.98 Å². The summed E-state index contributed by atoms with van der Waals surface area (Å²) >= 11 is 1.53. The number of carbonyl (C=O) groups is 1. The molecule has 124 valence electrons. The predicted octanol–water partition coefficient (Wildman–Crippen LogP) is 3.16. The zero-order valence-corrected chi connectivity index (χ0v) is 13.6. The van der Waals surface area contributed by atoms with Crippen molar-refractivity contribution in [2.75, 3.05) is 18.5 Å². The number of para-hydroxylation sites is 1. The maximum Gasteiger partial charge on any atom is 0.340 e. The molecular formula is C17H16N2O4S. The molecule has 0 aliphatic carbocycles. The topological polar surface area (TPSA) is 84.6 Å². The number of anilines is 1. The van der Waals surface area contributed by atoms with Gasteiger partial charge in [0.15, 0.2) is 0 Å². The molecule has 1 aromatic carbocycles. The SMILES string of the molecule is O=C(OCc1coc(-c2cccs2)n1)c1ccccc1NCCO. The van der Waals surface area contributed by atoms with Crippen molar-refractivity contribution >= 4 is 23.0 Å². The summed E-state index contributed by atoms with van der Waals surface area (Å²) in [5.74, 6) is 0.0535. The van der Waals surface area contributed by atoms with Crippen LogP contribution in [0.2, 0.25) is 0 Å². The Bertz CT molecular complexity index is 799. The Morgan fingerprint density at radius 2 is 2.17 bits per heavy atom. The molecule has 0 bridgehead atoms. The second-order valence-electron chi connectivity index (χ2n) is 4.89. The van der Waals surface area contributed by atoms with Crippen LogP contribution in [0.4, 0.5) is 5.69 Å². The molecule has 0 fully saturated rings. The Kier molecular flexibility index (Phi) is 5.25. The first kappa shape index (κ1) is 16.2. The Hall–Kier alpha value is -2.64. The standard InChI is InChI=1S/C17H16N2O4S/c20-8-7-18-14-5-2-1-4-13(14)17(21)23-11-12-10-22-16(19-12)15-6-3-9-24-15/h1-6,9-10,18,20H,7-8,11H2. The lowest BCUT2D eigenvalue weighted by atomic mass is 10.2. The van der Waals surface area contributed by atoms with Crippen molar-refractivity contribution in [2.45, 2.75) is 6.61 Å². The molecule has 0 unspecified atom stereocenters. The van der Waals surface area contributed by atoms with E-state index in [0.717, 1.165) is 4.88 Å². The molecule has 2 aromatic heterocycles. The summed E-state index contributed by atoms with van der Waals surface area (Å²) in [5.41, 5.74) is 1.58. The van der Waals surface area contributed by atoms with Crippen molar-refractivity contribution < 1.29 is 19.1 Å². The minimum atomic E-state index is -0.461. The van der Waals surface area contributed by atoms with E-state index in [0.29, 0.717) is 29.4 Å². The summed E-state index contributed by atoms with van der Waals surface area (Å²) in [7, 11) is 0. The van der Waals surface area contributed by atoms with Crippen LogP contribution < -0.4 is 5.32 Å². The van der Waals surface area contributed by atoms with E-state index in [1.54, 1.807) is 24.3 Å². The first-order valence-corrected chi connectivity index (χ1v) is 8.25. The van der Waals surface area contributed by atoms with Gasteiger partial charge >= 0.3 is 5.97 Å². The fourth-order valence-electron chi connectivity index (χ4n) is 2.11. The molecule has 0 radical (unpaired) electrons. The molecule has 3 rings (SSSR count). The fraction of sp³-hybridized carbons (Fsp3) is 0.176. The number of hydrogen-bond donors (Lipinski definition) is 2. The molecule has 2 N–H and O–H groups in total. The average Bonchev–Trinajstić information content (AvgIpc) is 3.29. The Morgan fingerprint density at radius 1 is 1.29 bits per heavy atom. The maximum atomic E-state index is 12.3. The number of carbonyl (C=O) groups excluding carboxylic acids is 1. The van der Waals surface area contributed by atoms with Crippen LogP contribution in [0.1, 0.15) is 16.1 Å². The third-order valence-corrected chi connectivity index (χ3v) is 4.07. The molecule has 24 heavy (non-hydrogen) atoms. The van der Waals surface area contributed by atoms with Crippen molar-refractivity contribution in [3.8, 4) is 10.8 Å². The van der Waals surface area contributed by atoms with Gasteiger partial charge in [-0.2, -0.15) is 0 Å². The molecule has 2 heterocycles. The highest BCUT2D eigenvalue weighted by atomic mass is 32.1. The second-order valence-corrected chi connectivity index (χ2v) is 5.84. The molecule has 7 heteroatoms. The quantitative estimate of drug-likeness (QED) is 0.641. The zero-order valence-electron chi connectivity index (χ0n) is 12.8. The summed E-state index contributed by atoms with van der Waals surface area (Å²) in [6.45, 7) is 0.369. The number of ether oxygens (including phenoxy) is 1. The minimum Gasteiger partial charge on any atom is -0.455 e. The van der Waals surface area contributed by atoms with E-state index >= 15 is 0 Å². The highest BCUT2D eigenvalue weighted by molar-refractivity contribution is 7.13. The van der Waals surface area contributed by atoms with E-state index in [1.807, 2.05) is 17.5 Å². The van der Waals surface area contributed by atoms with Crippen molar-refractivity contribution in [2.24, 2.45) is 0 Å². The Balaban J connectivity index is 1.64. The van der Waals surface area contributed by atoms with Gasteiger partial charge in [0.1, 0.15) is 18.6 Å². The number of aliphatic hydroxyl groups is 1. The number of benzene rings is 1. The Labute approximate surface area is 142 Å². The van der Waals surface area contributed by atoms with Crippen LogP contribution in [0, 0.1) is 0 Å². The zero-order chi connectivity index (χ0) is 16.8. The highest BCUT2D eigenvalue weighted by Gasteiger charge is 2.14. The molecule has 0 aliphatic rings.